The average Bonchev–Trinajstić information content (AvgIpc) is 3.70. The van der Waals surface area contributed by atoms with Gasteiger partial charge in [0.2, 0.25) is 5.95 Å². The van der Waals surface area contributed by atoms with Crippen LogP contribution in [0.3, 0.4) is 0 Å². The van der Waals surface area contributed by atoms with Gasteiger partial charge in [-0.05, 0) is 11.8 Å². The maximum absolute atomic E-state index is 16.0. The topological polar surface area (TPSA) is 260 Å². The minimum Gasteiger partial charge on any atom is -0.395 e. The zero-order chi connectivity index (χ0) is 30.0. The lowest BCUT2D eigenvalue weighted by atomic mass is 10.1. The highest BCUT2D eigenvalue weighted by Gasteiger charge is 2.57. The highest BCUT2D eigenvalue weighted by Crippen LogP contribution is 2.56. The number of rotatable bonds is 8. The largest absolute Gasteiger partial charge is 0.395 e. The van der Waals surface area contributed by atoms with E-state index >= 15 is 8.78 Å². The summed E-state index contributed by atoms with van der Waals surface area (Å²) in [6.45, 7) is -6.43. The third-order valence-electron chi connectivity index (χ3n) is 6.87. The molecule has 4 aromatic rings. The van der Waals surface area contributed by atoms with E-state index < -0.39 is 67.2 Å². The third-order valence-corrected chi connectivity index (χ3v) is 9.83. The Kier molecular flexibility index (Phi) is 7.18. The van der Waals surface area contributed by atoms with E-state index in [-0.39, 0.29) is 39.8 Å². The quantitative estimate of drug-likeness (QED) is 0.116. The molecule has 18 nitrogen and oxygen atoms in total. The van der Waals surface area contributed by atoms with Gasteiger partial charge in [0, 0.05) is 5.75 Å². The van der Waals surface area contributed by atoms with Gasteiger partial charge in [0.25, 0.3) is 11.4 Å². The number of aromatic nitrogens is 9. The molecule has 0 saturated carbocycles. The van der Waals surface area contributed by atoms with Crippen LogP contribution in [-0.2, 0) is 37.1 Å². The summed E-state index contributed by atoms with van der Waals surface area (Å²) in [6, 6.07) is 0. The zero-order valence-corrected chi connectivity index (χ0v) is 23.5. The number of H-pyrrole nitrogens is 1. The number of alkyl halides is 2. The van der Waals surface area contributed by atoms with Crippen LogP contribution in [0.15, 0.2) is 17.4 Å². The first-order chi connectivity index (χ1) is 19.9. The Bertz CT molecular complexity index is 1780. The highest BCUT2D eigenvalue weighted by molar-refractivity contribution is 8.07. The van der Waals surface area contributed by atoms with Crippen molar-refractivity contribution in [2.24, 2.45) is 0 Å². The number of thioether (sulfide) groups is 1. The van der Waals surface area contributed by atoms with Crippen molar-refractivity contribution in [3.05, 3.63) is 23.0 Å². The second-order valence-corrected chi connectivity index (χ2v) is 13.4. The predicted octanol–water partition coefficient (Wildman–Crippen LogP) is -1.75. The highest BCUT2D eigenvalue weighted by atomic mass is 32.5. The Morgan fingerprint density at radius 3 is 2.83 bits per heavy atom. The Morgan fingerprint density at radius 1 is 1.31 bits per heavy atom. The van der Waals surface area contributed by atoms with Crippen molar-refractivity contribution in [2.75, 3.05) is 37.0 Å². The van der Waals surface area contributed by atoms with Crippen LogP contribution in [-0.4, -0.2) is 109 Å². The van der Waals surface area contributed by atoms with Gasteiger partial charge in [-0.1, -0.05) is 5.21 Å². The molecule has 2 aliphatic rings. The van der Waals surface area contributed by atoms with E-state index in [4.69, 9.17) is 37.1 Å². The molecule has 7 atom stereocenters. The first-order valence-electron chi connectivity index (χ1n) is 12.0. The molecule has 0 amide bonds. The molecule has 226 valence electrons. The van der Waals surface area contributed by atoms with Crippen molar-refractivity contribution < 1.29 is 37.7 Å². The lowest BCUT2D eigenvalue weighted by molar-refractivity contribution is -0.0728. The van der Waals surface area contributed by atoms with Gasteiger partial charge in [0.1, 0.15) is 25.1 Å². The molecule has 2 saturated heterocycles. The monoisotopic (exact) mass is 649 g/mol. The number of hydrogen-bond donors (Lipinski definition) is 6. The van der Waals surface area contributed by atoms with Gasteiger partial charge in [0.15, 0.2) is 40.0 Å². The minimum absolute atomic E-state index is 0.00707. The smallest absolute Gasteiger partial charge is 0.326 e. The summed E-state index contributed by atoms with van der Waals surface area (Å²) in [7, 11) is 0. The number of nitrogens with one attached hydrogen (secondary N) is 1. The predicted molar refractivity (Wildman–Crippen MR) is 145 cm³/mol. The molecule has 23 heteroatoms. The molecule has 8 N–H and O–H groups in total. The maximum Gasteiger partial charge on any atom is 0.326 e. The van der Waals surface area contributed by atoms with Gasteiger partial charge in [-0.3, -0.25) is 18.9 Å². The fraction of sp³-hybridized carbons (Fsp3) is 0.526. The number of nitrogens with zero attached hydrogens (tertiary/aromatic N) is 8. The molecule has 0 aromatic carbocycles. The number of fused-ring (bicyclic) bond motifs is 2. The van der Waals surface area contributed by atoms with Crippen LogP contribution in [0.4, 0.5) is 20.5 Å². The molecule has 0 spiro atoms. The number of anilines is 2. The number of nitrogen functional groups attached to an aromatic ring is 2. The van der Waals surface area contributed by atoms with Crippen LogP contribution in [0.1, 0.15) is 0 Å². The molecule has 0 radical (unpaired) electrons. The number of halogens is 2. The van der Waals surface area contributed by atoms with Crippen molar-refractivity contribution in [1.82, 2.24) is 44.5 Å². The van der Waals surface area contributed by atoms with Gasteiger partial charge in [-0.25, -0.2) is 23.7 Å². The fourth-order valence-electron chi connectivity index (χ4n) is 4.77. The Morgan fingerprint density at radius 2 is 2.10 bits per heavy atom. The molecule has 2 aliphatic heterocycles. The summed E-state index contributed by atoms with van der Waals surface area (Å²) in [4.78, 5) is 41.3. The van der Waals surface area contributed by atoms with E-state index in [2.05, 4.69) is 35.2 Å². The lowest BCUT2D eigenvalue weighted by Crippen LogP contribution is -2.47. The number of ether oxygens (including phenoxy) is 1. The molecular formula is C19H22F2N11O7PS2. The second kappa shape index (κ2) is 10.3. The normalized spacial score (nSPS) is 31.3. The van der Waals surface area contributed by atoms with E-state index in [9.17, 15) is 19.9 Å². The zero-order valence-electron chi connectivity index (χ0n) is 21.0. The van der Waals surface area contributed by atoms with Crippen molar-refractivity contribution in [3.8, 4) is 0 Å². The van der Waals surface area contributed by atoms with Gasteiger partial charge in [0.05, 0.1) is 24.8 Å². The summed E-state index contributed by atoms with van der Waals surface area (Å²) >= 11 is 6.13. The number of aromatic amines is 1. The summed E-state index contributed by atoms with van der Waals surface area (Å²) in [5.74, 6) is -3.23. The molecule has 2 unspecified atom stereocenters. The van der Waals surface area contributed by atoms with Crippen LogP contribution in [0.5, 0.6) is 0 Å². The molecular weight excluding hydrogens is 627 g/mol. The van der Waals surface area contributed by atoms with E-state index in [1.165, 1.54) is 0 Å². The van der Waals surface area contributed by atoms with Crippen LogP contribution < -0.4 is 17.0 Å². The Labute approximate surface area is 241 Å². The summed E-state index contributed by atoms with van der Waals surface area (Å²) in [5.41, 5.74) is 8.08. The molecule has 0 bridgehead atoms. The Balaban J connectivity index is 1.25. The third kappa shape index (κ3) is 4.53. The first kappa shape index (κ1) is 29.1. The number of aliphatic hydroxyl groups is 2. The maximum atomic E-state index is 16.0. The van der Waals surface area contributed by atoms with Gasteiger partial charge in [-0.2, -0.15) is 9.67 Å². The van der Waals surface area contributed by atoms with Crippen molar-refractivity contribution in [1.29, 1.82) is 0 Å². The van der Waals surface area contributed by atoms with E-state index in [0.717, 1.165) is 29.0 Å². The molecule has 6 rings (SSSR count). The SMILES string of the molecule is Nc1nc2c(ncn2[C@]2(OP(O)(=S)OC[C@H]3OCC(F)(n4nnc5c(N)ncnc54)[C@@H]3O)CS[C@H](CO)[C@@H]2F)c(=O)[nH]1. The molecule has 42 heavy (non-hydrogen) atoms. The fourth-order valence-corrected chi connectivity index (χ4v) is 7.77. The van der Waals surface area contributed by atoms with Gasteiger partial charge >= 0.3 is 6.72 Å². The number of nitrogens with two attached hydrogens (primary N) is 2. The lowest BCUT2D eigenvalue weighted by Gasteiger charge is -2.35. The molecule has 2 fully saturated rings. The number of hydrogen-bond acceptors (Lipinski definition) is 16. The van der Waals surface area contributed by atoms with Gasteiger partial charge < -0.3 is 35.8 Å². The van der Waals surface area contributed by atoms with E-state index in [0.29, 0.717) is 4.68 Å². The summed E-state index contributed by atoms with van der Waals surface area (Å²) < 4.78 is 50.2. The number of aliphatic hydroxyl groups excluding tert-OH is 2. The van der Waals surface area contributed by atoms with Gasteiger partial charge in [-0.15, -0.1) is 16.9 Å². The van der Waals surface area contributed by atoms with E-state index in [1.54, 1.807) is 0 Å². The summed E-state index contributed by atoms with van der Waals surface area (Å²) in [6.07, 6.45) is -3.20. The van der Waals surface area contributed by atoms with Crippen molar-refractivity contribution in [2.45, 2.75) is 35.1 Å². The Hall–Kier alpha value is -2.95. The van der Waals surface area contributed by atoms with Crippen LogP contribution in [0.25, 0.3) is 22.3 Å². The molecule has 0 aliphatic carbocycles. The van der Waals surface area contributed by atoms with Crippen LogP contribution in [0, 0.1) is 0 Å². The average molecular weight is 650 g/mol. The molecule has 4 aromatic heterocycles. The van der Waals surface area contributed by atoms with Crippen molar-refractivity contribution in [3.63, 3.8) is 0 Å². The van der Waals surface area contributed by atoms with Crippen LogP contribution >= 0.6 is 18.5 Å². The molecule has 6 heterocycles. The first-order valence-corrected chi connectivity index (χ1v) is 15.6. The standard InChI is InChI=1S/C19H22F2N11O7PS2/c20-11-8(1-33)42-4-19(11,31-6-26-10-15(31)27-17(23)28-16(10)35)39-40(36,41)38-2-7-12(34)18(21,3-37-7)32-14-9(29-30-32)13(22)24-5-25-14/h5-8,11-12,33-34H,1-4H2,(H,36,41)(H2,22,24,25)(H3,23,27,28,35)/t7-,8-,11+,12-,18?,19+,40?/m1/s1. The minimum atomic E-state index is -4.43. The summed E-state index contributed by atoms with van der Waals surface area (Å²) in [5, 5.41) is 27.0. The van der Waals surface area contributed by atoms with E-state index in [1.807, 2.05) is 0 Å². The van der Waals surface area contributed by atoms with Crippen molar-refractivity contribution >= 4 is 64.4 Å². The van der Waals surface area contributed by atoms with Crippen LogP contribution in [0.2, 0.25) is 0 Å². The number of imidazole rings is 1. The second-order valence-electron chi connectivity index (χ2n) is 9.42.